The Kier molecular flexibility index (Phi) is 5.09. The molecule has 0 aliphatic rings. The van der Waals surface area contributed by atoms with Gasteiger partial charge in [-0.3, -0.25) is 0 Å². The van der Waals surface area contributed by atoms with Crippen molar-refractivity contribution >= 4 is 23.2 Å². The van der Waals surface area contributed by atoms with Gasteiger partial charge in [0.15, 0.2) is 0 Å². The van der Waals surface area contributed by atoms with Crippen LogP contribution >= 0.6 is 12.4 Å². The molecule has 0 bridgehead atoms. The van der Waals surface area contributed by atoms with Gasteiger partial charge in [0.1, 0.15) is 12.4 Å². The van der Waals surface area contributed by atoms with Crippen molar-refractivity contribution in [1.82, 2.24) is 5.32 Å². The highest BCUT2D eigenvalue weighted by Gasteiger charge is 1.99. The highest BCUT2D eigenvalue weighted by molar-refractivity contribution is 5.88. The van der Waals surface area contributed by atoms with Crippen LogP contribution in [0.15, 0.2) is 42.5 Å². The Hall–Kier alpha value is -1.25. The van der Waals surface area contributed by atoms with Crippen LogP contribution in [0.5, 0.6) is 5.75 Å². The van der Waals surface area contributed by atoms with Gasteiger partial charge in [0.2, 0.25) is 0 Å². The summed E-state index contributed by atoms with van der Waals surface area (Å²) in [5, 5.41) is 5.46. The summed E-state index contributed by atoms with van der Waals surface area (Å²) >= 11 is 0. The lowest BCUT2D eigenvalue weighted by molar-refractivity contribution is 0.322. The minimum atomic E-state index is 0. The number of rotatable bonds is 4. The summed E-state index contributed by atoms with van der Waals surface area (Å²) in [6.07, 6.45) is 0. The van der Waals surface area contributed by atoms with E-state index >= 15 is 0 Å². The highest BCUT2D eigenvalue weighted by atomic mass is 35.5. The first-order valence-electron chi connectivity index (χ1n) is 5.17. The van der Waals surface area contributed by atoms with Gasteiger partial charge in [-0.15, -0.1) is 12.4 Å². The summed E-state index contributed by atoms with van der Waals surface area (Å²) in [6, 6.07) is 14.4. The average Bonchev–Trinajstić information content (AvgIpc) is 2.30. The monoisotopic (exact) mass is 237 g/mol. The van der Waals surface area contributed by atoms with E-state index in [1.54, 1.807) is 0 Å². The fraction of sp³-hybridized carbons (Fsp3) is 0.231. The Balaban J connectivity index is 0.00000128. The third kappa shape index (κ3) is 2.87. The lowest BCUT2D eigenvalue weighted by Gasteiger charge is -2.08. The highest BCUT2D eigenvalue weighted by Crippen LogP contribution is 2.24. The first kappa shape index (κ1) is 12.8. The van der Waals surface area contributed by atoms with Gasteiger partial charge in [-0.2, -0.15) is 0 Å². The van der Waals surface area contributed by atoms with Crippen molar-refractivity contribution in [3.63, 3.8) is 0 Å². The van der Waals surface area contributed by atoms with Crippen molar-refractivity contribution in [1.29, 1.82) is 0 Å². The molecule has 0 heterocycles. The van der Waals surface area contributed by atoms with Crippen LogP contribution < -0.4 is 10.1 Å². The van der Waals surface area contributed by atoms with Crippen LogP contribution in [-0.2, 0) is 0 Å². The Labute approximate surface area is 102 Å². The molecular formula is C13H16ClNO. The topological polar surface area (TPSA) is 21.3 Å². The van der Waals surface area contributed by atoms with Gasteiger partial charge in [0.05, 0.1) is 0 Å². The number of nitrogens with one attached hydrogen (secondary N) is 1. The molecule has 2 aromatic rings. The molecule has 2 nitrogen and oxygen atoms in total. The molecule has 0 saturated carbocycles. The standard InChI is InChI=1S/C13H15NO.ClH/c1-14-9-10-15-13-8-4-6-11-5-2-3-7-12(11)13;/h2-8,14H,9-10H2,1H3;1H. The smallest absolute Gasteiger partial charge is 0.127 e. The van der Waals surface area contributed by atoms with E-state index in [0.29, 0.717) is 6.61 Å². The van der Waals surface area contributed by atoms with Crippen LogP contribution in [0.4, 0.5) is 0 Å². The lowest BCUT2D eigenvalue weighted by Crippen LogP contribution is -2.15. The molecule has 2 aromatic carbocycles. The molecular weight excluding hydrogens is 222 g/mol. The third-order valence-electron chi connectivity index (χ3n) is 2.36. The molecule has 0 unspecified atom stereocenters. The quantitative estimate of drug-likeness (QED) is 0.826. The molecule has 0 aliphatic heterocycles. The van der Waals surface area contributed by atoms with Crippen molar-refractivity contribution in [3.8, 4) is 5.75 Å². The van der Waals surface area contributed by atoms with E-state index in [9.17, 15) is 0 Å². The zero-order chi connectivity index (χ0) is 10.5. The van der Waals surface area contributed by atoms with Gasteiger partial charge in [-0.05, 0) is 18.5 Å². The third-order valence-corrected chi connectivity index (χ3v) is 2.36. The van der Waals surface area contributed by atoms with Crippen LogP contribution in [0.2, 0.25) is 0 Å². The van der Waals surface area contributed by atoms with Crippen molar-refractivity contribution in [3.05, 3.63) is 42.5 Å². The van der Waals surface area contributed by atoms with Gasteiger partial charge in [0.25, 0.3) is 0 Å². The number of ether oxygens (including phenoxy) is 1. The van der Waals surface area contributed by atoms with Crippen molar-refractivity contribution < 1.29 is 4.74 Å². The number of likely N-dealkylation sites (N-methyl/N-ethyl adjacent to an activating group) is 1. The molecule has 0 radical (unpaired) electrons. The first-order valence-corrected chi connectivity index (χ1v) is 5.17. The number of fused-ring (bicyclic) bond motifs is 1. The summed E-state index contributed by atoms with van der Waals surface area (Å²) < 4.78 is 5.70. The zero-order valence-electron chi connectivity index (χ0n) is 9.27. The van der Waals surface area contributed by atoms with Crippen LogP contribution in [0.25, 0.3) is 10.8 Å². The first-order chi connectivity index (χ1) is 7.42. The molecule has 2 rings (SSSR count). The van der Waals surface area contributed by atoms with E-state index in [2.05, 4.69) is 23.5 Å². The number of hydrogen-bond donors (Lipinski definition) is 1. The summed E-state index contributed by atoms with van der Waals surface area (Å²) in [6.45, 7) is 1.56. The summed E-state index contributed by atoms with van der Waals surface area (Å²) in [7, 11) is 1.92. The second-order valence-electron chi connectivity index (χ2n) is 3.43. The molecule has 0 saturated heterocycles. The fourth-order valence-electron chi connectivity index (χ4n) is 1.58. The van der Waals surface area contributed by atoms with Gasteiger partial charge < -0.3 is 10.1 Å². The molecule has 3 heteroatoms. The largest absolute Gasteiger partial charge is 0.492 e. The summed E-state index contributed by atoms with van der Waals surface area (Å²) in [5.74, 6) is 0.961. The van der Waals surface area contributed by atoms with Crippen LogP contribution in [0.1, 0.15) is 0 Å². The van der Waals surface area contributed by atoms with E-state index < -0.39 is 0 Å². The SMILES string of the molecule is CNCCOc1cccc2ccccc12.Cl. The maximum absolute atomic E-state index is 5.70. The molecule has 1 N–H and O–H groups in total. The molecule has 0 fully saturated rings. The minimum Gasteiger partial charge on any atom is -0.492 e. The Morgan fingerprint density at radius 1 is 1.06 bits per heavy atom. The second kappa shape index (κ2) is 6.36. The Bertz CT molecular complexity index is 439. The average molecular weight is 238 g/mol. The van der Waals surface area contributed by atoms with Gasteiger partial charge in [-0.25, -0.2) is 0 Å². The van der Waals surface area contributed by atoms with Gasteiger partial charge in [0, 0.05) is 11.9 Å². The maximum atomic E-state index is 5.70. The van der Waals surface area contributed by atoms with E-state index in [1.165, 1.54) is 10.8 Å². The number of benzene rings is 2. The predicted molar refractivity (Wildman–Crippen MR) is 70.6 cm³/mol. The molecule has 0 amide bonds. The normalized spacial score (nSPS) is 9.81. The molecule has 0 spiro atoms. The zero-order valence-corrected chi connectivity index (χ0v) is 10.1. The number of halogens is 1. The Morgan fingerprint density at radius 2 is 1.81 bits per heavy atom. The fourth-order valence-corrected chi connectivity index (χ4v) is 1.58. The lowest BCUT2D eigenvalue weighted by atomic mass is 10.1. The van der Waals surface area contributed by atoms with Gasteiger partial charge in [-0.1, -0.05) is 36.4 Å². The van der Waals surface area contributed by atoms with Crippen LogP contribution in [0.3, 0.4) is 0 Å². The van der Waals surface area contributed by atoms with Gasteiger partial charge >= 0.3 is 0 Å². The van der Waals surface area contributed by atoms with E-state index in [-0.39, 0.29) is 12.4 Å². The molecule has 16 heavy (non-hydrogen) atoms. The van der Waals surface area contributed by atoms with Crippen LogP contribution in [0, 0.1) is 0 Å². The van der Waals surface area contributed by atoms with Crippen molar-refractivity contribution in [2.75, 3.05) is 20.2 Å². The molecule has 0 aliphatic carbocycles. The molecule has 0 aromatic heterocycles. The van der Waals surface area contributed by atoms with E-state index in [0.717, 1.165) is 12.3 Å². The van der Waals surface area contributed by atoms with E-state index in [4.69, 9.17) is 4.74 Å². The minimum absolute atomic E-state index is 0. The second-order valence-corrected chi connectivity index (χ2v) is 3.43. The molecule has 86 valence electrons. The molecule has 0 atom stereocenters. The van der Waals surface area contributed by atoms with Crippen molar-refractivity contribution in [2.45, 2.75) is 0 Å². The predicted octanol–water partition coefficient (Wildman–Crippen LogP) is 2.86. The Morgan fingerprint density at radius 3 is 2.62 bits per heavy atom. The summed E-state index contributed by atoms with van der Waals surface area (Å²) in [5.41, 5.74) is 0. The maximum Gasteiger partial charge on any atom is 0.127 e. The number of hydrogen-bond acceptors (Lipinski definition) is 2. The summed E-state index contributed by atoms with van der Waals surface area (Å²) in [4.78, 5) is 0. The van der Waals surface area contributed by atoms with E-state index in [1.807, 2.05) is 31.3 Å². The van der Waals surface area contributed by atoms with Crippen LogP contribution in [-0.4, -0.2) is 20.2 Å². The van der Waals surface area contributed by atoms with Crippen molar-refractivity contribution in [2.24, 2.45) is 0 Å².